The number of allylic oxidation sites excluding steroid dienone is 1. The first-order valence-corrected chi connectivity index (χ1v) is 9.43. The van der Waals surface area contributed by atoms with Crippen LogP contribution < -0.4 is 0 Å². The highest BCUT2D eigenvalue weighted by Crippen LogP contribution is 2.28. The van der Waals surface area contributed by atoms with Crippen molar-refractivity contribution < 1.29 is 9.34 Å². The lowest BCUT2D eigenvalue weighted by molar-refractivity contribution is -0.384. The van der Waals surface area contributed by atoms with Gasteiger partial charge in [-0.2, -0.15) is 0 Å². The standard InChI is InChI=1S/C24H19N3O3/c1-16-5-12-23-22(14-16)26-24(30-23)19-8-11-21(17(2)15-19)25-13-3-4-18-6-9-20(10-7-18)27(28)29/h3-15H,1-2H3/b4-3+,25-13?. The normalized spacial score (nSPS) is 11.7. The van der Waals surface area contributed by atoms with Crippen LogP contribution in [0.2, 0.25) is 0 Å². The van der Waals surface area contributed by atoms with E-state index < -0.39 is 4.92 Å². The van der Waals surface area contributed by atoms with E-state index in [2.05, 4.69) is 9.98 Å². The van der Waals surface area contributed by atoms with Crippen molar-refractivity contribution in [3.8, 4) is 11.5 Å². The summed E-state index contributed by atoms with van der Waals surface area (Å²) in [5, 5.41) is 10.7. The van der Waals surface area contributed by atoms with Gasteiger partial charge in [0.1, 0.15) is 5.52 Å². The molecule has 0 fully saturated rings. The number of nitro groups is 1. The minimum absolute atomic E-state index is 0.0746. The third kappa shape index (κ3) is 4.17. The van der Waals surface area contributed by atoms with Gasteiger partial charge in [0.15, 0.2) is 5.58 Å². The predicted molar refractivity (Wildman–Crippen MR) is 119 cm³/mol. The number of rotatable bonds is 5. The molecule has 0 saturated carbocycles. The molecule has 0 spiro atoms. The molecule has 0 aliphatic heterocycles. The first kappa shape index (κ1) is 19.3. The molecular formula is C24H19N3O3. The van der Waals surface area contributed by atoms with E-state index in [0.29, 0.717) is 5.89 Å². The highest BCUT2D eigenvalue weighted by molar-refractivity contribution is 5.81. The Labute approximate surface area is 173 Å². The zero-order valence-corrected chi connectivity index (χ0v) is 16.6. The van der Waals surface area contributed by atoms with Crippen molar-refractivity contribution in [2.45, 2.75) is 13.8 Å². The Kier molecular flexibility index (Phi) is 5.22. The van der Waals surface area contributed by atoms with Crippen LogP contribution in [0, 0.1) is 24.0 Å². The molecule has 0 aliphatic rings. The molecule has 1 heterocycles. The summed E-state index contributed by atoms with van der Waals surface area (Å²) in [4.78, 5) is 19.3. The molecule has 0 saturated heterocycles. The SMILES string of the molecule is Cc1ccc2oc(-c3ccc(N=C/C=C/c4ccc([N+](=O)[O-])cc4)c(C)c3)nc2c1. The highest BCUT2D eigenvalue weighted by Gasteiger charge is 2.09. The van der Waals surface area contributed by atoms with Crippen LogP contribution in [0.3, 0.4) is 0 Å². The number of aryl methyl sites for hydroxylation is 2. The molecule has 4 aromatic rings. The number of nitrogens with zero attached hydrogens (tertiary/aromatic N) is 3. The quantitative estimate of drug-likeness (QED) is 0.220. The van der Waals surface area contributed by atoms with Crippen molar-refractivity contribution in [2.75, 3.05) is 0 Å². The largest absolute Gasteiger partial charge is 0.436 e. The monoisotopic (exact) mass is 397 g/mol. The number of nitro benzene ring substituents is 1. The zero-order valence-electron chi connectivity index (χ0n) is 16.6. The third-order valence-electron chi connectivity index (χ3n) is 4.68. The number of hydrogen-bond donors (Lipinski definition) is 0. The average Bonchev–Trinajstić information content (AvgIpc) is 3.15. The summed E-state index contributed by atoms with van der Waals surface area (Å²) in [5.41, 5.74) is 6.46. The number of hydrogen-bond acceptors (Lipinski definition) is 5. The van der Waals surface area contributed by atoms with E-state index in [1.165, 1.54) is 12.1 Å². The molecule has 0 amide bonds. The molecule has 3 aromatic carbocycles. The summed E-state index contributed by atoms with van der Waals surface area (Å²) < 4.78 is 5.87. The van der Waals surface area contributed by atoms with Gasteiger partial charge in [-0.25, -0.2) is 4.98 Å². The number of oxazole rings is 1. The zero-order chi connectivity index (χ0) is 21.1. The lowest BCUT2D eigenvalue weighted by atomic mass is 10.1. The van der Waals surface area contributed by atoms with Crippen LogP contribution in [0.1, 0.15) is 16.7 Å². The Bertz CT molecular complexity index is 1290. The van der Waals surface area contributed by atoms with Crippen LogP contribution in [0.15, 0.2) is 76.1 Å². The van der Waals surface area contributed by atoms with Gasteiger partial charge in [0.05, 0.1) is 10.6 Å². The van der Waals surface area contributed by atoms with Crippen LogP contribution in [-0.2, 0) is 0 Å². The minimum Gasteiger partial charge on any atom is -0.436 e. The van der Waals surface area contributed by atoms with Gasteiger partial charge in [0.25, 0.3) is 5.69 Å². The fourth-order valence-corrected chi connectivity index (χ4v) is 3.08. The summed E-state index contributed by atoms with van der Waals surface area (Å²) in [6.45, 7) is 4.02. The third-order valence-corrected chi connectivity index (χ3v) is 4.68. The molecular weight excluding hydrogens is 378 g/mol. The summed E-state index contributed by atoms with van der Waals surface area (Å²) in [7, 11) is 0. The van der Waals surface area contributed by atoms with Crippen molar-refractivity contribution in [2.24, 2.45) is 4.99 Å². The van der Waals surface area contributed by atoms with E-state index in [4.69, 9.17) is 4.42 Å². The molecule has 6 heteroatoms. The van der Waals surface area contributed by atoms with E-state index in [0.717, 1.165) is 39.0 Å². The molecule has 0 aliphatic carbocycles. The average molecular weight is 397 g/mol. The molecule has 0 bridgehead atoms. The topological polar surface area (TPSA) is 81.5 Å². The van der Waals surface area contributed by atoms with Crippen LogP contribution in [0.4, 0.5) is 11.4 Å². The highest BCUT2D eigenvalue weighted by atomic mass is 16.6. The lowest BCUT2D eigenvalue weighted by Crippen LogP contribution is -1.86. The number of aromatic nitrogens is 1. The molecule has 0 N–H and O–H groups in total. The molecule has 1 aromatic heterocycles. The number of benzene rings is 3. The molecule has 0 unspecified atom stereocenters. The predicted octanol–water partition coefficient (Wildman–Crippen LogP) is 6.44. The van der Waals surface area contributed by atoms with Gasteiger partial charge in [0, 0.05) is 23.9 Å². The summed E-state index contributed by atoms with van der Waals surface area (Å²) in [5.74, 6) is 0.590. The van der Waals surface area contributed by atoms with Crippen molar-refractivity contribution in [1.29, 1.82) is 0 Å². The second-order valence-corrected chi connectivity index (χ2v) is 6.98. The Morgan fingerprint density at radius 3 is 2.57 bits per heavy atom. The van der Waals surface area contributed by atoms with Gasteiger partial charge in [-0.3, -0.25) is 15.1 Å². The maximum atomic E-state index is 10.7. The number of non-ortho nitro benzene ring substituents is 1. The van der Waals surface area contributed by atoms with E-state index in [-0.39, 0.29) is 5.69 Å². The lowest BCUT2D eigenvalue weighted by Gasteiger charge is -2.02. The summed E-state index contributed by atoms with van der Waals surface area (Å²) in [6.07, 6.45) is 5.35. The molecule has 30 heavy (non-hydrogen) atoms. The molecule has 148 valence electrons. The van der Waals surface area contributed by atoms with Crippen molar-refractivity contribution in [1.82, 2.24) is 4.98 Å². The van der Waals surface area contributed by atoms with Gasteiger partial charge in [-0.1, -0.05) is 12.1 Å². The van der Waals surface area contributed by atoms with Crippen molar-refractivity contribution >= 4 is 34.8 Å². The first-order chi connectivity index (χ1) is 14.5. The molecule has 4 rings (SSSR count). The van der Waals surface area contributed by atoms with E-state index >= 15 is 0 Å². The summed E-state index contributed by atoms with van der Waals surface area (Å²) >= 11 is 0. The van der Waals surface area contributed by atoms with Crippen LogP contribution in [0.25, 0.3) is 28.6 Å². The van der Waals surface area contributed by atoms with Crippen molar-refractivity contribution in [3.05, 3.63) is 93.5 Å². The Balaban J connectivity index is 1.49. The second-order valence-electron chi connectivity index (χ2n) is 6.98. The Morgan fingerprint density at radius 1 is 1.03 bits per heavy atom. The minimum atomic E-state index is -0.413. The maximum Gasteiger partial charge on any atom is 0.269 e. The van der Waals surface area contributed by atoms with E-state index in [9.17, 15) is 10.1 Å². The smallest absolute Gasteiger partial charge is 0.269 e. The number of fused-ring (bicyclic) bond motifs is 1. The first-order valence-electron chi connectivity index (χ1n) is 9.43. The fourth-order valence-electron chi connectivity index (χ4n) is 3.08. The van der Waals surface area contributed by atoms with Gasteiger partial charge < -0.3 is 4.42 Å². The van der Waals surface area contributed by atoms with Crippen LogP contribution in [0.5, 0.6) is 0 Å². The number of aliphatic imine (C=N–C) groups is 1. The fraction of sp³-hybridized carbons (Fsp3) is 0.0833. The second kappa shape index (κ2) is 8.13. The summed E-state index contributed by atoms with van der Waals surface area (Å²) in [6, 6.07) is 18.2. The molecule has 0 radical (unpaired) electrons. The van der Waals surface area contributed by atoms with E-state index in [1.807, 2.05) is 56.3 Å². The molecule has 6 nitrogen and oxygen atoms in total. The van der Waals surface area contributed by atoms with Gasteiger partial charge in [-0.05, 0) is 79.1 Å². The molecule has 0 atom stereocenters. The van der Waals surface area contributed by atoms with Gasteiger partial charge in [-0.15, -0.1) is 0 Å². The van der Waals surface area contributed by atoms with Gasteiger partial charge >= 0.3 is 0 Å². The van der Waals surface area contributed by atoms with E-state index in [1.54, 1.807) is 24.4 Å². The maximum absolute atomic E-state index is 10.7. The van der Waals surface area contributed by atoms with Crippen molar-refractivity contribution in [3.63, 3.8) is 0 Å². The van der Waals surface area contributed by atoms with Gasteiger partial charge in [0.2, 0.25) is 5.89 Å². The van der Waals surface area contributed by atoms with Crippen LogP contribution >= 0.6 is 0 Å². The Morgan fingerprint density at radius 2 is 1.83 bits per heavy atom. The Hall–Kier alpha value is -4.06. The van der Waals surface area contributed by atoms with Crippen LogP contribution in [-0.4, -0.2) is 16.1 Å².